The molecule has 2 amide bonds. The molecule has 0 aliphatic heterocycles. The second-order valence-corrected chi connectivity index (χ2v) is 10.2. The average molecular weight is 611 g/mol. The third kappa shape index (κ3) is 8.63. The molecule has 0 bridgehead atoms. The molecule has 45 heavy (non-hydrogen) atoms. The second-order valence-electron chi connectivity index (χ2n) is 10.2. The van der Waals surface area contributed by atoms with Crippen LogP contribution in [-0.4, -0.2) is 61.7 Å². The van der Waals surface area contributed by atoms with Gasteiger partial charge in [-0.05, 0) is 72.0 Å². The summed E-state index contributed by atoms with van der Waals surface area (Å²) >= 11 is 0. The van der Waals surface area contributed by atoms with Crippen LogP contribution in [0.3, 0.4) is 0 Å². The van der Waals surface area contributed by atoms with Gasteiger partial charge in [0.2, 0.25) is 0 Å². The molecule has 0 aliphatic rings. The number of methoxy groups -OCH3 is 2. The maximum atomic E-state index is 14.1. The van der Waals surface area contributed by atoms with Gasteiger partial charge in [0.25, 0.3) is 11.8 Å². The summed E-state index contributed by atoms with van der Waals surface area (Å²) < 4.78 is 16.4. The van der Waals surface area contributed by atoms with Crippen molar-refractivity contribution >= 4 is 17.8 Å². The molecule has 0 saturated carbocycles. The number of hydrogen-bond donors (Lipinski definition) is 2. The van der Waals surface area contributed by atoms with Crippen molar-refractivity contribution < 1.29 is 33.7 Å². The molecule has 9 heteroatoms. The molecule has 0 aliphatic carbocycles. The number of nitrogens with zero attached hydrogens (tertiary/aromatic N) is 1. The van der Waals surface area contributed by atoms with Crippen molar-refractivity contribution in [3.05, 3.63) is 113 Å². The van der Waals surface area contributed by atoms with E-state index in [1.165, 1.54) is 0 Å². The van der Waals surface area contributed by atoms with Crippen LogP contribution in [0.5, 0.6) is 17.2 Å². The van der Waals surface area contributed by atoms with E-state index in [2.05, 4.69) is 5.32 Å². The highest BCUT2D eigenvalue weighted by atomic mass is 16.5. The van der Waals surface area contributed by atoms with Crippen molar-refractivity contribution in [1.82, 2.24) is 10.2 Å². The largest absolute Gasteiger partial charge is 0.497 e. The Balaban J connectivity index is 1.59. The first kappa shape index (κ1) is 32.6. The van der Waals surface area contributed by atoms with E-state index in [0.29, 0.717) is 59.1 Å². The van der Waals surface area contributed by atoms with Crippen LogP contribution in [0.25, 0.3) is 11.1 Å². The molecule has 234 valence electrons. The molecule has 4 rings (SSSR count). The van der Waals surface area contributed by atoms with E-state index in [1.807, 2.05) is 61.5 Å². The Hall–Kier alpha value is -5.31. The standard InChI is InChI=1S/C36H38N2O7/c1-4-45-33-23-25(16-17-32(33)44-3)18-20-38(21-19-34(39)40)36(42)31-15-8-6-13-29(31)28-12-5-7-14-30(28)35(41)37-24-26-10-9-11-27(22-26)43-2/h5-17,22-23H,4,18-21,24H2,1-3H3,(H,37,41)(H,39,40). The first-order valence-electron chi connectivity index (χ1n) is 14.7. The van der Waals surface area contributed by atoms with Crippen LogP contribution in [-0.2, 0) is 17.8 Å². The Morgan fingerprint density at radius 1 is 0.756 bits per heavy atom. The number of aliphatic carboxylic acids is 1. The SMILES string of the molecule is CCOc1cc(CCN(CCC(=O)O)C(=O)c2ccccc2-c2ccccc2C(=O)NCc2cccc(OC)c2)ccc1OC. The molecular formula is C36H38N2O7. The van der Waals surface area contributed by atoms with Gasteiger partial charge in [-0.1, -0.05) is 54.6 Å². The number of carbonyl (C=O) groups is 3. The molecule has 0 spiro atoms. The fraction of sp³-hybridized carbons (Fsp3) is 0.250. The van der Waals surface area contributed by atoms with E-state index in [4.69, 9.17) is 14.2 Å². The van der Waals surface area contributed by atoms with E-state index in [-0.39, 0.29) is 31.3 Å². The van der Waals surface area contributed by atoms with Crippen LogP contribution >= 0.6 is 0 Å². The first-order valence-corrected chi connectivity index (χ1v) is 14.7. The molecule has 0 fully saturated rings. The molecule has 0 aromatic heterocycles. The van der Waals surface area contributed by atoms with Crippen molar-refractivity contribution in [3.63, 3.8) is 0 Å². The third-order valence-corrected chi connectivity index (χ3v) is 7.29. The number of rotatable bonds is 15. The minimum atomic E-state index is -0.998. The Morgan fingerprint density at radius 3 is 2.16 bits per heavy atom. The Labute approximate surface area is 263 Å². The maximum Gasteiger partial charge on any atom is 0.305 e. The van der Waals surface area contributed by atoms with Crippen molar-refractivity contribution in [2.45, 2.75) is 26.3 Å². The van der Waals surface area contributed by atoms with Gasteiger partial charge in [0.1, 0.15) is 5.75 Å². The van der Waals surface area contributed by atoms with Crippen LogP contribution < -0.4 is 19.5 Å². The number of carboxylic acid groups (broad SMARTS) is 1. The van der Waals surface area contributed by atoms with Crippen LogP contribution in [0.1, 0.15) is 45.2 Å². The minimum absolute atomic E-state index is 0.0274. The van der Waals surface area contributed by atoms with Crippen LogP contribution in [0.4, 0.5) is 0 Å². The van der Waals surface area contributed by atoms with Crippen LogP contribution in [0, 0.1) is 0 Å². The van der Waals surface area contributed by atoms with Crippen molar-refractivity contribution in [3.8, 4) is 28.4 Å². The van der Waals surface area contributed by atoms with Crippen molar-refractivity contribution in [2.75, 3.05) is 33.9 Å². The molecule has 0 saturated heterocycles. The summed E-state index contributed by atoms with van der Waals surface area (Å²) in [6.45, 7) is 2.96. The molecule has 9 nitrogen and oxygen atoms in total. The summed E-state index contributed by atoms with van der Waals surface area (Å²) in [5.74, 6) is 0.304. The smallest absolute Gasteiger partial charge is 0.305 e. The van der Waals surface area contributed by atoms with E-state index >= 15 is 0 Å². The lowest BCUT2D eigenvalue weighted by atomic mass is 9.94. The summed E-state index contributed by atoms with van der Waals surface area (Å²) in [4.78, 5) is 40.5. The van der Waals surface area contributed by atoms with Gasteiger partial charge < -0.3 is 29.5 Å². The summed E-state index contributed by atoms with van der Waals surface area (Å²) in [6.07, 6.45) is 0.269. The van der Waals surface area contributed by atoms with Crippen LogP contribution in [0.2, 0.25) is 0 Å². The number of carboxylic acids is 1. The Morgan fingerprint density at radius 2 is 1.47 bits per heavy atom. The molecule has 4 aromatic rings. The monoisotopic (exact) mass is 610 g/mol. The van der Waals surface area contributed by atoms with E-state index in [0.717, 1.165) is 11.1 Å². The Kier molecular flexibility index (Phi) is 11.6. The highest BCUT2D eigenvalue weighted by Crippen LogP contribution is 2.30. The summed E-state index contributed by atoms with van der Waals surface area (Å²) in [5, 5.41) is 12.4. The number of carbonyl (C=O) groups excluding carboxylic acids is 2. The number of ether oxygens (including phenoxy) is 3. The van der Waals surface area contributed by atoms with E-state index in [1.54, 1.807) is 55.5 Å². The van der Waals surface area contributed by atoms with Gasteiger partial charge in [-0.3, -0.25) is 14.4 Å². The van der Waals surface area contributed by atoms with E-state index < -0.39 is 5.97 Å². The zero-order chi connectivity index (χ0) is 32.2. The topological polar surface area (TPSA) is 114 Å². The van der Waals surface area contributed by atoms with Crippen molar-refractivity contribution in [2.24, 2.45) is 0 Å². The molecular weight excluding hydrogens is 572 g/mol. The predicted octanol–water partition coefficient (Wildman–Crippen LogP) is 5.86. The highest BCUT2D eigenvalue weighted by molar-refractivity contribution is 6.06. The van der Waals surface area contributed by atoms with E-state index in [9.17, 15) is 19.5 Å². The zero-order valence-corrected chi connectivity index (χ0v) is 25.7. The van der Waals surface area contributed by atoms with Crippen molar-refractivity contribution in [1.29, 1.82) is 0 Å². The average Bonchev–Trinajstić information content (AvgIpc) is 3.07. The first-order chi connectivity index (χ1) is 21.8. The third-order valence-electron chi connectivity index (χ3n) is 7.29. The molecule has 0 atom stereocenters. The highest BCUT2D eigenvalue weighted by Gasteiger charge is 2.23. The lowest BCUT2D eigenvalue weighted by molar-refractivity contribution is -0.137. The number of amides is 2. The molecule has 0 radical (unpaired) electrons. The molecule has 0 unspecified atom stereocenters. The molecule has 0 heterocycles. The predicted molar refractivity (Wildman–Crippen MR) is 172 cm³/mol. The van der Waals surface area contributed by atoms with Gasteiger partial charge in [0, 0.05) is 30.8 Å². The van der Waals surface area contributed by atoms with Gasteiger partial charge >= 0.3 is 5.97 Å². The fourth-order valence-corrected chi connectivity index (χ4v) is 5.01. The summed E-state index contributed by atoms with van der Waals surface area (Å²) in [5.41, 5.74) is 3.77. The second kappa shape index (κ2) is 16.0. The summed E-state index contributed by atoms with van der Waals surface area (Å²) in [6, 6.07) is 27.2. The zero-order valence-electron chi connectivity index (χ0n) is 25.7. The van der Waals surface area contributed by atoms with Gasteiger partial charge in [-0.25, -0.2) is 0 Å². The normalized spacial score (nSPS) is 10.6. The Bertz CT molecular complexity index is 1640. The molecule has 2 N–H and O–H groups in total. The van der Waals surface area contributed by atoms with Crippen LogP contribution in [0.15, 0.2) is 91.0 Å². The van der Waals surface area contributed by atoms with Gasteiger partial charge in [-0.2, -0.15) is 0 Å². The lowest BCUT2D eigenvalue weighted by Gasteiger charge is -2.24. The minimum Gasteiger partial charge on any atom is -0.497 e. The maximum absolute atomic E-state index is 14.1. The quantitative estimate of drug-likeness (QED) is 0.173. The number of hydrogen-bond acceptors (Lipinski definition) is 6. The number of nitrogens with one attached hydrogen (secondary N) is 1. The molecule has 4 aromatic carbocycles. The van der Waals surface area contributed by atoms with Gasteiger partial charge in [0.15, 0.2) is 11.5 Å². The van der Waals surface area contributed by atoms with Gasteiger partial charge in [-0.15, -0.1) is 0 Å². The summed E-state index contributed by atoms with van der Waals surface area (Å²) in [7, 11) is 3.16. The lowest BCUT2D eigenvalue weighted by Crippen LogP contribution is -2.35. The fourth-order valence-electron chi connectivity index (χ4n) is 5.01. The number of benzene rings is 4. The van der Waals surface area contributed by atoms with Gasteiger partial charge in [0.05, 0.1) is 27.2 Å².